The highest BCUT2D eigenvalue weighted by Crippen LogP contribution is 2.24. The Kier molecular flexibility index (Phi) is 6.93. The van der Waals surface area contributed by atoms with E-state index in [2.05, 4.69) is 10.1 Å². The zero-order chi connectivity index (χ0) is 24.3. The molecule has 1 aliphatic rings. The molecule has 13 heteroatoms. The summed E-state index contributed by atoms with van der Waals surface area (Å²) in [5, 5.41) is 23.0. The number of hydrogen-bond acceptors (Lipinski definition) is 7. The number of aromatic hydroxyl groups is 1. The van der Waals surface area contributed by atoms with Crippen LogP contribution in [0.1, 0.15) is 26.4 Å². The van der Waals surface area contributed by atoms with Gasteiger partial charge in [-0.05, 0) is 17.7 Å². The molecule has 1 aromatic carbocycles. The first-order valence-corrected chi connectivity index (χ1v) is 9.59. The van der Waals surface area contributed by atoms with E-state index in [9.17, 15) is 37.8 Å². The maximum Gasteiger partial charge on any atom is 0.573 e. The van der Waals surface area contributed by atoms with Gasteiger partial charge in [-0.2, -0.15) is 0 Å². The lowest BCUT2D eigenvalue weighted by Gasteiger charge is -2.34. The van der Waals surface area contributed by atoms with Crippen LogP contribution in [0.3, 0.4) is 0 Å². The second-order valence-electron chi connectivity index (χ2n) is 7.07. The van der Waals surface area contributed by atoms with Crippen molar-refractivity contribution < 1.29 is 42.4 Å². The van der Waals surface area contributed by atoms with Gasteiger partial charge in [-0.3, -0.25) is 14.4 Å². The predicted octanol–water partition coefficient (Wildman–Crippen LogP) is 0.803. The Balaban J connectivity index is 1.76. The van der Waals surface area contributed by atoms with Gasteiger partial charge in [0.1, 0.15) is 17.5 Å². The first-order chi connectivity index (χ1) is 15.5. The first-order valence-electron chi connectivity index (χ1n) is 9.59. The fourth-order valence-electron chi connectivity index (χ4n) is 3.25. The second kappa shape index (κ2) is 9.50. The van der Waals surface area contributed by atoms with E-state index < -0.39 is 46.9 Å². The molecule has 0 aliphatic carbocycles. The summed E-state index contributed by atoms with van der Waals surface area (Å²) in [6.45, 7) is -0.185. The van der Waals surface area contributed by atoms with Crippen LogP contribution in [0.25, 0.3) is 0 Å². The number of methoxy groups -OCH3 is 1. The number of aromatic nitrogens is 1. The number of carbonyl (C=O) groups excluding carboxylic acids is 2. The van der Waals surface area contributed by atoms with Crippen molar-refractivity contribution in [3.05, 3.63) is 57.5 Å². The second-order valence-corrected chi connectivity index (χ2v) is 7.07. The average molecular weight is 471 g/mol. The van der Waals surface area contributed by atoms with E-state index in [-0.39, 0.29) is 31.9 Å². The third-order valence-corrected chi connectivity index (χ3v) is 4.83. The molecule has 0 saturated carbocycles. The number of alkyl halides is 3. The molecular weight excluding hydrogens is 451 g/mol. The lowest BCUT2D eigenvalue weighted by Crippen LogP contribution is -2.50. The van der Waals surface area contributed by atoms with Crippen molar-refractivity contribution in [3.8, 4) is 11.5 Å². The van der Waals surface area contributed by atoms with Crippen LogP contribution in [-0.2, 0) is 17.8 Å². The Hall–Kier alpha value is -3.58. The number of halogens is 3. The van der Waals surface area contributed by atoms with Gasteiger partial charge in [-0.1, -0.05) is 12.1 Å². The molecule has 178 valence electrons. The van der Waals surface area contributed by atoms with Crippen LogP contribution in [0.5, 0.6) is 11.5 Å². The van der Waals surface area contributed by atoms with Crippen molar-refractivity contribution in [1.82, 2.24) is 14.8 Å². The van der Waals surface area contributed by atoms with Gasteiger partial charge >= 0.3 is 6.36 Å². The van der Waals surface area contributed by atoms with Crippen molar-refractivity contribution in [2.45, 2.75) is 25.7 Å². The van der Waals surface area contributed by atoms with Gasteiger partial charge < -0.3 is 34.5 Å². The number of nitrogens with zero attached hydrogens (tertiary/aromatic N) is 2. The van der Waals surface area contributed by atoms with Crippen LogP contribution in [0.4, 0.5) is 13.2 Å². The Bertz CT molecular complexity index is 1100. The van der Waals surface area contributed by atoms with Crippen molar-refractivity contribution in [1.29, 1.82) is 0 Å². The molecule has 33 heavy (non-hydrogen) atoms. The molecule has 0 radical (unpaired) electrons. The number of nitrogens with one attached hydrogen (secondary N) is 1. The molecule has 0 spiro atoms. The quantitative estimate of drug-likeness (QED) is 0.545. The maximum absolute atomic E-state index is 12.6. The van der Waals surface area contributed by atoms with Crippen molar-refractivity contribution in [2.75, 3.05) is 20.3 Å². The van der Waals surface area contributed by atoms with E-state index in [1.807, 2.05) is 0 Å². The van der Waals surface area contributed by atoms with Gasteiger partial charge in [0.25, 0.3) is 11.8 Å². The van der Waals surface area contributed by atoms with E-state index in [0.29, 0.717) is 5.56 Å². The minimum Gasteiger partial charge on any atom is -0.503 e. The van der Waals surface area contributed by atoms with Crippen molar-refractivity contribution in [3.63, 3.8) is 0 Å². The van der Waals surface area contributed by atoms with E-state index in [0.717, 1.165) is 27.8 Å². The van der Waals surface area contributed by atoms with Gasteiger partial charge in [-0.25, -0.2) is 0 Å². The lowest BCUT2D eigenvalue weighted by molar-refractivity contribution is -0.274. The van der Waals surface area contributed by atoms with Crippen LogP contribution < -0.4 is 15.5 Å². The summed E-state index contributed by atoms with van der Waals surface area (Å²) in [5.74, 6) is -3.05. The summed E-state index contributed by atoms with van der Waals surface area (Å²) < 4.78 is 46.4. The highest BCUT2D eigenvalue weighted by molar-refractivity contribution is 5.99. The smallest absolute Gasteiger partial charge is 0.503 e. The predicted molar refractivity (Wildman–Crippen MR) is 106 cm³/mol. The molecule has 0 fully saturated rings. The van der Waals surface area contributed by atoms with E-state index >= 15 is 0 Å². The molecular formula is C20H20F3N3O7. The molecule has 1 aromatic heterocycles. The topological polar surface area (TPSA) is 130 Å². The largest absolute Gasteiger partial charge is 0.573 e. The highest BCUT2D eigenvalue weighted by Gasteiger charge is 2.35. The van der Waals surface area contributed by atoms with E-state index in [4.69, 9.17) is 4.74 Å². The molecule has 1 atom stereocenters. The highest BCUT2D eigenvalue weighted by atomic mass is 19.4. The summed E-state index contributed by atoms with van der Waals surface area (Å²) in [6, 6.07) is 4.72. The lowest BCUT2D eigenvalue weighted by atomic mass is 10.1. The number of fused-ring (bicyclic) bond motifs is 1. The summed E-state index contributed by atoms with van der Waals surface area (Å²) in [5.41, 5.74) is -1.50. The van der Waals surface area contributed by atoms with Crippen LogP contribution >= 0.6 is 0 Å². The normalized spacial score (nSPS) is 15.8. The number of benzene rings is 1. The molecule has 2 heterocycles. The molecule has 10 nitrogen and oxygen atoms in total. The van der Waals surface area contributed by atoms with Crippen LogP contribution in [0.15, 0.2) is 35.3 Å². The van der Waals surface area contributed by atoms with E-state index in [1.54, 1.807) is 0 Å². The zero-order valence-corrected chi connectivity index (χ0v) is 17.3. The summed E-state index contributed by atoms with van der Waals surface area (Å²) in [4.78, 5) is 38.7. The Labute approximate surface area is 184 Å². The minimum absolute atomic E-state index is 0.0270. The zero-order valence-electron chi connectivity index (χ0n) is 17.3. The first kappa shape index (κ1) is 24.1. The van der Waals surface area contributed by atoms with Gasteiger partial charge in [0.2, 0.25) is 5.43 Å². The summed E-state index contributed by atoms with van der Waals surface area (Å²) in [6.07, 6.45) is -5.04. The number of pyridine rings is 1. The van der Waals surface area contributed by atoms with Gasteiger partial charge in [0.15, 0.2) is 11.4 Å². The molecule has 1 unspecified atom stereocenters. The van der Waals surface area contributed by atoms with Crippen LogP contribution in [0, 0.1) is 0 Å². The Morgan fingerprint density at radius 3 is 2.52 bits per heavy atom. The number of hydrogen-bond donors (Lipinski definition) is 3. The average Bonchev–Trinajstić information content (AvgIpc) is 2.74. The molecule has 3 rings (SSSR count). The van der Waals surface area contributed by atoms with E-state index in [1.165, 1.54) is 19.2 Å². The monoisotopic (exact) mass is 471 g/mol. The van der Waals surface area contributed by atoms with Crippen molar-refractivity contribution in [2.24, 2.45) is 0 Å². The number of aliphatic hydroxyl groups is 1. The number of rotatable bonds is 7. The van der Waals surface area contributed by atoms with Gasteiger partial charge in [0.05, 0.1) is 13.2 Å². The Morgan fingerprint density at radius 1 is 1.24 bits per heavy atom. The van der Waals surface area contributed by atoms with Crippen molar-refractivity contribution >= 4 is 11.8 Å². The molecule has 1 aliphatic heterocycles. The maximum atomic E-state index is 12.6. The SMILES string of the molecule is COCCN1C(=O)c2c(O)c(=O)c(C(=O)NCc3ccc(OC(F)(F)F)cc3)cn2CC1O. The van der Waals surface area contributed by atoms with Gasteiger partial charge in [0, 0.05) is 26.4 Å². The number of ether oxygens (including phenoxy) is 2. The third-order valence-electron chi connectivity index (χ3n) is 4.83. The standard InChI is InChI=1S/C20H20F3N3O7/c1-32-7-6-26-14(27)10-25-9-13(16(28)17(29)15(25)19(26)31)18(30)24-8-11-2-4-12(5-3-11)33-20(21,22)23/h2-5,9,14,27,29H,6-8,10H2,1H3,(H,24,30). The summed E-state index contributed by atoms with van der Waals surface area (Å²) >= 11 is 0. The third kappa shape index (κ3) is 5.43. The fourth-order valence-corrected chi connectivity index (χ4v) is 3.25. The minimum atomic E-state index is -4.83. The molecule has 0 bridgehead atoms. The molecule has 0 saturated heterocycles. The van der Waals surface area contributed by atoms with Crippen LogP contribution in [-0.4, -0.2) is 64.3 Å². The number of carbonyl (C=O) groups is 2. The molecule has 3 N–H and O–H groups in total. The van der Waals surface area contributed by atoms with Crippen LogP contribution in [0.2, 0.25) is 0 Å². The van der Waals surface area contributed by atoms with Gasteiger partial charge in [-0.15, -0.1) is 13.2 Å². The Morgan fingerprint density at radius 2 is 1.91 bits per heavy atom. The summed E-state index contributed by atoms with van der Waals surface area (Å²) in [7, 11) is 1.41. The number of amides is 2. The molecule has 2 aromatic rings. The molecule has 2 amide bonds. The fraction of sp³-hybridized carbons (Fsp3) is 0.350. The number of aliphatic hydroxyl groups excluding tert-OH is 1.